The molecule has 0 radical (unpaired) electrons. The topological polar surface area (TPSA) is 128 Å². The molecule has 0 bridgehead atoms. The Morgan fingerprint density at radius 3 is 2.59 bits per heavy atom. The number of nitrogens with zero attached hydrogens (tertiary/aromatic N) is 1. The van der Waals surface area contributed by atoms with E-state index in [9.17, 15) is 24.8 Å². The predicted molar refractivity (Wildman–Crippen MR) is 96.3 cm³/mol. The van der Waals surface area contributed by atoms with Crippen LogP contribution in [0.5, 0.6) is 11.5 Å². The number of anilines is 1. The number of phenolic OH excluding ortho intramolecular Hbond substituents is 1. The van der Waals surface area contributed by atoms with E-state index in [0.29, 0.717) is 0 Å². The molecule has 2 N–H and O–H groups in total. The van der Waals surface area contributed by atoms with Crippen LogP contribution in [0.15, 0.2) is 36.4 Å². The number of rotatable bonds is 6. The molecule has 0 aliphatic heterocycles. The van der Waals surface area contributed by atoms with E-state index in [2.05, 4.69) is 5.32 Å². The number of hydrogen-bond acceptors (Lipinski definition) is 7. The van der Waals surface area contributed by atoms with Gasteiger partial charge in [-0.15, -0.1) is 0 Å². The van der Waals surface area contributed by atoms with Gasteiger partial charge in [-0.25, -0.2) is 4.79 Å². The van der Waals surface area contributed by atoms with E-state index in [1.807, 2.05) is 0 Å². The first kappa shape index (κ1) is 20.0. The van der Waals surface area contributed by atoms with Crippen molar-refractivity contribution >= 4 is 34.9 Å². The van der Waals surface area contributed by atoms with Crippen molar-refractivity contribution in [3.63, 3.8) is 0 Å². The van der Waals surface area contributed by atoms with Crippen molar-refractivity contribution in [1.82, 2.24) is 0 Å². The molecule has 2 rings (SSSR count). The van der Waals surface area contributed by atoms with Crippen LogP contribution in [0.1, 0.15) is 17.3 Å². The molecule has 0 saturated heterocycles. The van der Waals surface area contributed by atoms with Crippen molar-refractivity contribution < 1.29 is 29.1 Å². The second-order valence-corrected chi connectivity index (χ2v) is 5.78. The fraction of sp³-hybridized carbons (Fsp3) is 0.176. The van der Waals surface area contributed by atoms with Crippen LogP contribution in [-0.2, 0) is 9.53 Å². The Morgan fingerprint density at radius 1 is 1.26 bits per heavy atom. The molecule has 9 nitrogen and oxygen atoms in total. The molecule has 142 valence electrons. The van der Waals surface area contributed by atoms with Gasteiger partial charge in [0.05, 0.1) is 23.8 Å². The third kappa shape index (κ3) is 4.85. The molecule has 0 fully saturated rings. The smallest absolute Gasteiger partial charge is 0.342 e. The summed E-state index contributed by atoms with van der Waals surface area (Å²) >= 11 is 5.78. The molecule has 2 aromatic rings. The van der Waals surface area contributed by atoms with Gasteiger partial charge in [0.25, 0.3) is 11.6 Å². The number of benzene rings is 2. The maximum atomic E-state index is 12.3. The van der Waals surface area contributed by atoms with Gasteiger partial charge in [0.2, 0.25) is 0 Å². The predicted octanol–water partition coefficient (Wildman–Crippen LogP) is 3.15. The van der Waals surface area contributed by atoms with Crippen molar-refractivity contribution in [1.29, 1.82) is 0 Å². The Morgan fingerprint density at radius 2 is 1.96 bits per heavy atom. The van der Waals surface area contributed by atoms with Crippen molar-refractivity contribution in [2.45, 2.75) is 13.0 Å². The summed E-state index contributed by atoms with van der Waals surface area (Å²) in [5, 5.41) is 23.2. The molecule has 0 spiro atoms. The van der Waals surface area contributed by atoms with Gasteiger partial charge in [-0.3, -0.25) is 14.9 Å². The van der Waals surface area contributed by atoms with E-state index in [1.54, 1.807) is 0 Å². The fourth-order valence-electron chi connectivity index (χ4n) is 2.08. The monoisotopic (exact) mass is 394 g/mol. The van der Waals surface area contributed by atoms with Crippen LogP contribution in [0, 0.1) is 10.1 Å². The number of nitro benzene ring substituents is 1. The number of nitrogens with one attached hydrogen (secondary N) is 1. The Hall–Kier alpha value is -3.33. The number of phenols is 1. The van der Waals surface area contributed by atoms with Crippen LogP contribution in [0.3, 0.4) is 0 Å². The summed E-state index contributed by atoms with van der Waals surface area (Å²) < 4.78 is 10.0. The highest BCUT2D eigenvalue weighted by molar-refractivity contribution is 6.31. The van der Waals surface area contributed by atoms with E-state index >= 15 is 0 Å². The molecule has 27 heavy (non-hydrogen) atoms. The summed E-state index contributed by atoms with van der Waals surface area (Å²) in [5.74, 6) is -1.90. The maximum Gasteiger partial charge on any atom is 0.342 e. The lowest BCUT2D eigenvalue weighted by atomic mass is 10.2. The number of aromatic hydroxyl groups is 1. The van der Waals surface area contributed by atoms with Gasteiger partial charge in [-0.05, 0) is 31.2 Å². The van der Waals surface area contributed by atoms with E-state index in [0.717, 1.165) is 6.07 Å². The molecule has 10 heteroatoms. The van der Waals surface area contributed by atoms with E-state index in [4.69, 9.17) is 21.1 Å². The summed E-state index contributed by atoms with van der Waals surface area (Å²) in [4.78, 5) is 34.6. The standard InChI is InChI=1S/C17H15ClN2O7/c1-9(27-17(23)12-7-10(18)3-6-14(12)21)16(22)19-13-5-4-11(20(24)25)8-15(13)26-2/h3-9,21H,1-2H3,(H,19,22)/t9-/m1/s1. The number of halogens is 1. The minimum absolute atomic E-state index is 0.0727. The quantitative estimate of drug-likeness (QED) is 0.437. The molecular weight excluding hydrogens is 380 g/mol. The summed E-state index contributed by atoms with van der Waals surface area (Å²) in [6.07, 6.45) is -1.23. The van der Waals surface area contributed by atoms with Crippen LogP contribution >= 0.6 is 11.6 Å². The summed E-state index contributed by atoms with van der Waals surface area (Å²) in [7, 11) is 1.29. The molecule has 0 aromatic heterocycles. The van der Waals surface area contributed by atoms with Gasteiger partial charge < -0.3 is 19.9 Å². The molecular formula is C17H15ClN2O7. The van der Waals surface area contributed by atoms with Crippen LogP contribution in [0.25, 0.3) is 0 Å². The minimum Gasteiger partial charge on any atom is -0.507 e. The first-order valence-corrected chi connectivity index (χ1v) is 7.93. The third-order valence-electron chi connectivity index (χ3n) is 3.49. The van der Waals surface area contributed by atoms with Crippen LogP contribution in [0.2, 0.25) is 5.02 Å². The van der Waals surface area contributed by atoms with Gasteiger partial charge in [0, 0.05) is 11.1 Å². The van der Waals surface area contributed by atoms with Crippen molar-refractivity contribution in [2.24, 2.45) is 0 Å². The number of esters is 1. The Kier molecular flexibility index (Phi) is 6.19. The zero-order valence-corrected chi connectivity index (χ0v) is 15.0. The first-order valence-electron chi connectivity index (χ1n) is 7.55. The third-order valence-corrected chi connectivity index (χ3v) is 3.72. The summed E-state index contributed by atoms with van der Waals surface area (Å²) in [5.41, 5.74) is -0.225. The van der Waals surface area contributed by atoms with Gasteiger partial charge in [-0.1, -0.05) is 11.6 Å². The SMILES string of the molecule is COc1cc([N+](=O)[O-])ccc1NC(=O)[C@@H](C)OC(=O)c1cc(Cl)ccc1O. The lowest BCUT2D eigenvalue weighted by Gasteiger charge is -2.15. The van der Waals surface area contributed by atoms with Crippen molar-refractivity contribution in [3.8, 4) is 11.5 Å². The molecule has 0 saturated carbocycles. The normalized spacial score (nSPS) is 11.4. The number of nitro groups is 1. The highest BCUT2D eigenvalue weighted by Crippen LogP contribution is 2.29. The number of carbonyl (C=O) groups is 2. The van der Waals surface area contributed by atoms with Gasteiger partial charge in [0.1, 0.15) is 17.1 Å². The van der Waals surface area contributed by atoms with Crippen LogP contribution in [-0.4, -0.2) is 35.1 Å². The largest absolute Gasteiger partial charge is 0.507 e. The van der Waals surface area contributed by atoms with Crippen molar-refractivity contribution in [2.75, 3.05) is 12.4 Å². The lowest BCUT2D eigenvalue weighted by molar-refractivity contribution is -0.384. The Bertz CT molecular complexity index is 901. The van der Waals surface area contributed by atoms with Gasteiger partial charge >= 0.3 is 5.97 Å². The average molecular weight is 395 g/mol. The lowest BCUT2D eigenvalue weighted by Crippen LogP contribution is -2.30. The van der Waals surface area contributed by atoms with E-state index in [1.165, 1.54) is 44.4 Å². The zero-order valence-electron chi connectivity index (χ0n) is 14.3. The first-order chi connectivity index (χ1) is 12.7. The Labute approximate surface area is 158 Å². The van der Waals surface area contributed by atoms with E-state index < -0.39 is 22.9 Å². The van der Waals surface area contributed by atoms with Gasteiger partial charge in [-0.2, -0.15) is 0 Å². The number of hydrogen-bond donors (Lipinski definition) is 2. The molecule has 2 aromatic carbocycles. The molecule has 1 atom stereocenters. The minimum atomic E-state index is -1.23. The van der Waals surface area contributed by atoms with Gasteiger partial charge in [0.15, 0.2) is 6.10 Å². The number of ether oxygens (including phenoxy) is 2. The fourth-order valence-corrected chi connectivity index (χ4v) is 2.25. The number of carbonyl (C=O) groups excluding carboxylic acids is 2. The van der Waals surface area contributed by atoms with E-state index in [-0.39, 0.29) is 33.5 Å². The summed E-state index contributed by atoms with van der Waals surface area (Å²) in [6.45, 7) is 1.33. The highest BCUT2D eigenvalue weighted by Gasteiger charge is 2.23. The second-order valence-electron chi connectivity index (χ2n) is 5.34. The van der Waals surface area contributed by atoms with Crippen LogP contribution in [0.4, 0.5) is 11.4 Å². The highest BCUT2D eigenvalue weighted by atomic mass is 35.5. The molecule has 1 amide bonds. The second kappa shape index (κ2) is 8.37. The Balaban J connectivity index is 2.10. The number of amides is 1. The molecule has 0 unspecified atom stereocenters. The van der Waals surface area contributed by atoms with Crippen molar-refractivity contribution in [3.05, 3.63) is 57.1 Å². The molecule has 0 aliphatic carbocycles. The average Bonchev–Trinajstić information content (AvgIpc) is 2.63. The maximum absolute atomic E-state index is 12.3. The summed E-state index contributed by atoms with van der Waals surface area (Å²) in [6, 6.07) is 7.47. The van der Waals surface area contributed by atoms with Crippen LogP contribution < -0.4 is 10.1 Å². The molecule has 0 heterocycles. The molecule has 0 aliphatic rings. The zero-order chi connectivity index (χ0) is 20.1. The number of non-ortho nitro benzene ring substituents is 1. The number of methoxy groups -OCH3 is 1.